The van der Waals surface area contributed by atoms with Crippen LogP contribution in [0.5, 0.6) is 0 Å². The molecule has 0 saturated heterocycles. The Kier molecular flexibility index (Phi) is 1.53. The highest BCUT2D eigenvalue weighted by molar-refractivity contribution is 5.80. The highest BCUT2D eigenvalue weighted by atomic mass is 16.3. The Balaban J connectivity index is 2.70. The van der Waals surface area contributed by atoms with E-state index in [0.29, 0.717) is 0 Å². The first-order chi connectivity index (χ1) is 4.58. The molecule has 1 aliphatic rings. The molecule has 2 atom stereocenters. The lowest BCUT2D eigenvalue weighted by Gasteiger charge is -2.24. The van der Waals surface area contributed by atoms with E-state index >= 15 is 0 Å². The van der Waals surface area contributed by atoms with E-state index in [-0.39, 0.29) is 12.6 Å². The lowest BCUT2D eigenvalue weighted by atomic mass is 10.0. The summed E-state index contributed by atoms with van der Waals surface area (Å²) in [6.45, 7) is 1.44. The molecule has 2 unspecified atom stereocenters. The van der Waals surface area contributed by atoms with Crippen LogP contribution in [0.15, 0.2) is 4.99 Å². The van der Waals surface area contributed by atoms with Crippen LogP contribution < -0.4 is 11.1 Å². The van der Waals surface area contributed by atoms with Crippen LogP contribution in [-0.4, -0.2) is 34.5 Å². The molecule has 5 nitrogen and oxygen atoms in total. The maximum absolute atomic E-state index is 9.13. The van der Waals surface area contributed by atoms with E-state index in [4.69, 9.17) is 15.9 Å². The van der Waals surface area contributed by atoms with Crippen molar-refractivity contribution >= 4 is 5.96 Å². The minimum Gasteiger partial charge on any atom is -0.394 e. The highest BCUT2D eigenvalue weighted by Gasteiger charge is 2.37. The zero-order valence-corrected chi connectivity index (χ0v) is 5.70. The van der Waals surface area contributed by atoms with E-state index in [1.807, 2.05) is 0 Å². The fourth-order valence-electron chi connectivity index (χ4n) is 0.785. The van der Waals surface area contributed by atoms with Crippen LogP contribution in [0.3, 0.4) is 0 Å². The van der Waals surface area contributed by atoms with E-state index in [1.54, 1.807) is 6.92 Å². The molecule has 5 N–H and O–H groups in total. The number of hydrogen-bond acceptors (Lipinski definition) is 5. The maximum Gasteiger partial charge on any atom is 0.191 e. The molecular weight excluding hydrogens is 134 g/mol. The zero-order chi connectivity index (χ0) is 7.78. The van der Waals surface area contributed by atoms with Gasteiger partial charge in [0.25, 0.3) is 0 Å². The van der Waals surface area contributed by atoms with Crippen molar-refractivity contribution in [3.63, 3.8) is 0 Å². The number of aliphatic hydroxyl groups is 2. The van der Waals surface area contributed by atoms with Gasteiger partial charge in [-0.05, 0) is 6.92 Å². The second kappa shape index (κ2) is 2.10. The van der Waals surface area contributed by atoms with Gasteiger partial charge in [-0.1, -0.05) is 0 Å². The molecule has 5 heteroatoms. The van der Waals surface area contributed by atoms with E-state index < -0.39 is 11.8 Å². The van der Waals surface area contributed by atoms with Crippen LogP contribution in [0.1, 0.15) is 6.92 Å². The van der Waals surface area contributed by atoms with Gasteiger partial charge >= 0.3 is 0 Å². The number of nitrogens with one attached hydrogen (secondary N) is 1. The fourth-order valence-corrected chi connectivity index (χ4v) is 0.785. The molecule has 0 spiro atoms. The number of aliphatic hydroxyl groups excluding tert-OH is 2. The quantitative estimate of drug-likeness (QED) is 0.342. The monoisotopic (exact) mass is 145 g/mol. The molecule has 10 heavy (non-hydrogen) atoms. The van der Waals surface area contributed by atoms with Gasteiger partial charge in [-0.3, -0.25) is 0 Å². The van der Waals surface area contributed by atoms with Gasteiger partial charge in [-0.15, -0.1) is 0 Å². The Morgan fingerprint density at radius 1 is 1.90 bits per heavy atom. The summed E-state index contributed by atoms with van der Waals surface area (Å²) in [7, 11) is 0. The predicted octanol–water partition coefficient (Wildman–Crippen LogP) is -2.03. The Morgan fingerprint density at radius 3 is 2.70 bits per heavy atom. The topological polar surface area (TPSA) is 90.9 Å². The standard InChI is InChI=1S/C5H11N3O2/c1-5(2-9)3(10)7-4(6)8-5/h3,9-10H,2H2,1H3,(H3,6,7,8). The molecule has 1 aliphatic heterocycles. The molecular formula is C5H11N3O2. The van der Waals surface area contributed by atoms with E-state index in [0.717, 1.165) is 0 Å². The summed E-state index contributed by atoms with van der Waals surface area (Å²) in [5, 5.41) is 20.5. The van der Waals surface area contributed by atoms with Crippen molar-refractivity contribution in [2.24, 2.45) is 10.7 Å². The third kappa shape index (κ3) is 0.932. The van der Waals surface area contributed by atoms with Gasteiger partial charge in [0.1, 0.15) is 5.54 Å². The molecule has 0 fully saturated rings. The van der Waals surface area contributed by atoms with Crippen LogP contribution in [0.2, 0.25) is 0 Å². The van der Waals surface area contributed by atoms with Crippen molar-refractivity contribution in [2.45, 2.75) is 18.7 Å². The third-order valence-corrected chi connectivity index (χ3v) is 1.57. The SMILES string of the molecule is CC1(CO)NC(N)=NC1O. The summed E-state index contributed by atoms with van der Waals surface area (Å²) < 4.78 is 0. The number of guanidine groups is 1. The first-order valence-electron chi connectivity index (χ1n) is 2.99. The molecule has 1 heterocycles. The van der Waals surface area contributed by atoms with Crippen molar-refractivity contribution in [1.29, 1.82) is 0 Å². The molecule has 0 saturated carbocycles. The van der Waals surface area contributed by atoms with E-state index in [9.17, 15) is 0 Å². The maximum atomic E-state index is 9.13. The van der Waals surface area contributed by atoms with Gasteiger partial charge in [0.2, 0.25) is 0 Å². The van der Waals surface area contributed by atoms with Gasteiger partial charge in [-0.2, -0.15) is 0 Å². The lowest BCUT2D eigenvalue weighted by Crippen LogP contribution is -2.52. The molecule has 0 aromatic rings. The second-order valence-corrected chi connectivity index (χ2v) is 2.59. The normalized spacial score (nSPS) is 39.1. The third-order valence-electron chi connectivity index (χ3n) is 1.57. The number of nitrogens with two attached hydrogens (primary N) is 1. The first-order valence-corrected chi connectivity index (χ1v) is 2.99. The number of rotatable bonds is 1. The summed E-state index contributed by atoms with van der Waals surface area (Å²) in [6.07, 6.45) is -0.947. The molecule has 0 aromatic heterocycles. The average molecular weight is 145 g/mol. The van der Waals surface area contributed by atoms with Crippen LogP contribution in [0.4, 0.5) is 0 Å². The van der Waals surface area contributed by atoms with Gasteiger partial charge in [0, 0.05) is 0 Å². The van der Waals surface area contributed by atoms with Crippen molar-refractivity contribution in [3.8, 4) is 0 Å². The van der Waals surface area contributed by atoms with Gasteiger partial charge < -0.3 is 21.3 Å². The van der Waals surface area contributed by atoms with Crippen LogP contribution in [0.25, 0.3) is 0 Å². The Hall–Kier alpha value is -0.810. The number of nitrogens with zero attached hydrogens (tertiary/aromatic N) is 1. The van der Waals surface area contributed by atoms with Gasteiger partial charge in [0.15, 0.2) is 12.2 Å². The van der Waals surface area contributed by atoms with Crippen LogP contribution in [0, 0.1) is 0 Å². The second-order valence-electron chi connectivity index (χ2n) is 2.59. The first kappa shape index (κ1) is 7.30. The van der Waals surface area contributed by atoms with Crippen molar-refractivity contribution in [3.05, 3.63) is 0 Å². The van der Waals surface area contributed by atoms with E-state index in [1.165, 1.54) is 0 Å². The number of hydrogen-bond donors (Lipinski definition) is 4. The van der Waals surface area contributed by atoms with Crippen molar-refractivity contribution in [2.75, 3.05) is 6.61 Å². The minimum absolute atomic E-state index is 0.170. The van der Waals surface area contributed by atoms with Gasteiger partial charge in [0.05, 0.1) is 6.61 Å². The Morgan fingerprint density at radius 2 is 2.50 bits per heavy atom. The molecule has 0 radical (unpaired) electrons. The molecule has 58 valence electrons. The Bertz CT molecular complexity index is 170. The molecule has 0 amide bonds. The largest absolute Gasteiger partial charge is 0.394 e. The van der Waals surface area contributed by atoms with Crippen LogP contribution in [-0.2, 0) is 0 Å². The molecule has 0 bridgehead atoms. The molecule has 1 rings (SSSR count). The summed E-state index contributed by atoms with van der Waals surface area (Å²) in [4.78, 5) is 3.59. The lowest BCUT2D eigenvalue weighted by molar-refractivity contribution is 0.0601. The van der Waals surface area contributed by atoms with Crippen molar-refractivity contribution in [1.82, 2.24) is 5.32 Å². The average Bonchev–Trinajstić information content (AvgIpc) is 2.09. The smallest absolute Gasteiger partial charge is 0.191 e. The Labute approximate surface area is 58.6 Å². The summed E-state index contributed by atoms with van der Waals surface area (Å²) in [5.41, 5.74) is 4.44. The molecule has 0 aliphatic carbocycles. The molecule has 0 aromatic carbocycles. The van der Waals surface area contributed by atoms with Crippen molar-refractivity contribution < 1.29 is 10.2 Å². The van der Waals surface area contributed by atoms with Crippen LogP contribution >= 0.6 is 0 Å². The summed E-state index contributed by atoms with van der Waals surface area (Å²) in [6, 6.07) is 0. The summed E-state index contributed by atoms with van der Waals surface area (Å²) in [5.74, 6) is 0.170. The summed E-state index contributed by atoms with van der Waals surface area (Å²) >= 11 is 0. The van der Waals surface area contributed by atoms with E-state index in [2.05, 4.69) is 10.3 Å². The highest BCUT2D eigenvalue weighted by Crippen LogP contribution is 2.14. The minimum atomic E-state index is -0.947. The fraction of sp³-hybridized carbons (Fsp3) is 0.800. The van der Waals surface area contributed by atoms with Gasteiger partial charge in [-0.25, -0.2) is 4.99 Å². The zero-order valence-electron chi connectivity index (χ0n) is 5.70. The predicted molar refractivity (Wildman–Crippen MR) is 36.3 cm³/mol. The number of aliphatic imine (C=N–C) groups is 1.